The van der Waals surface area contributed by atoms with E-state index in [4.69, 9.17) is 4.74 Å². The van der Waals surface area contributed by atoms with E-state index in [9.17, 15) is 0 Å². The number of nitrogens with one attached hydrogen (secondary N) is 1. The highest BCUT2D eigenvalue weighted by Crippen LogP contribution is 2.15. The van der Waals surface area contributed by atoms with Crippen LogP contribution in [-0.2, 0) is 4.74 Å². The molecule has 0 spiro atoms. The Morgan fingerprint density at radius 3 is 2.92 bits per heavy atom. The van der Waals surface area contributed by atoms with Crippen LogP contribution in [0.25, 0.3) is 0 Å². The fraction of sp³-hybridized carbons (Fsp3) is 1.00. The van der Waals surface area contributed by atoms with Crippen LogP contribution in [0.15, 0.2) is 0 Å². The lowest BCUT2D eigenvalue weighted by atomic mass is 9.95. The molecule has 0 aliphatic carbocycles. The Balaban J connectivity index is 2.11. The summed E-state index contributed by atoms with van der Waals surface area (Å²) in [6.07, 6.45) is 5.38. The van der Waals surface area contributed by atoms with Crippen molar-refractivity contribution in [3.05, 3.63) is 0 Å². The summed E-state index contributed by atoms with van der Waals surface area (Å²) in [6.45, 7) is 4.38. The van der Waals surface area contributed by atoms with Gasteiger partial charge in [-0.25, -0.2) is 0 Å². The van der Waals surface area contributed by atoms with Gasteiger partial charge in [0.2, 0.25) is 0 Å². The first-order chi connectivity index (χ1) is 5.83. The Hall–Kier alpha value is -0.0800. The van der Waals surface area contributed by atoms with Crippen LogP contribution in [0.3, 0.4) is 0 Å². The molecular formula is C10H21NO. The van der Waals surface area contributed by atoms with E-state index in [1.54, 1.807) is 7.11 Å². The van der Waals surface area contributed by atoms with Crippen molar-refractivity contribution in [2.45, 2.75) is 38.6 Å². The molecule has 1 rings (SSSR count). The first-order valence-electron chi connectivity index (χ1n) is 5.05. The van der Waals surface area contributed by atoms with Gasteiger partial charge < -0.3 is 10.1 Å². The third-order valence-corrected chi connectivity index (χ3v) is 2.55. The molecule has 0 saturated carbocycles. The van der Waals surface area contributed by atoms with Gasteiger partial charge in [0.15, 0.2) is 0 Å². The van der Waals surface area contributed by atoms with Crippen molar-refractivity contribution in [3.8, 4) is 0 Å². The summed E-state index contributed by atoms with van der Waals surface area (Å²) < 4.78 is 5.12. The second-order valence-corrected chi connectivity index (χ2v) is 3.94. The highest BCUT2D eigenvalue weighted by Gasteiger charge is 2.15. The van der Waals surface area contributed by atoms with E-state index in [0.717, 1.165) is 12.6 Å². The van der Waals surface area contributed by atoms with Gasteiger partial charge in [0, 0.05) is 19.8 Å². The number of hydrogen-bond donors (Lipinski definition) is 1. The molecule has 1 heterocycles. The molecule has 1 saturated heterocycles. The van der Waals surface area contributed by atoms with Crippen molar-refractivity contribution in [2.24, 2.45) is 5.92 Å². The zero-order valence-electron chi connectivity index (χ0n) is 8.31. The van der Waals surface area contributed by atoms with Gasteiger partial charge in [-0.05, 0) is 31.7 Å². The van der Waals surface area contributed by atoms with Gasteiger partial charge >= 0.3 is 0 Å². The largest absolute Gasteiger partial charge is 0.384 e. The maximum atomic E-state index is 5.12. The van der Waals surface area contributed by atoms with E-state index in [0.29, 0.717) is 5.92 Å². The van der Waals surface area contributed by atoms with Crippen molar-refractivity contribution in [1.82, 2.24) is 5.32 Å². The van der Waals surface area contributed by atoms with E-state index < -0.39 is 0 Å². The molecule has 1 N–H and O–H groups in total. The molecule has 2 nitrogen and oxygen atoms in total. The topological polar surface area (TPSA) is 21.3 Å². The Morgan fingerprint density at radius 2 is 2.33 bits per heavy atom. The van der Waals surface area contributed by atoms with Gasteiger partial charge in [0.25, 0.3) is 0 Å². The summed E-state index contributed by atoms with van der Waals surface area (Å²) in [5.41, 5.74) is 0. The van der Waals surface area contributed by atoms with E-state index in [1.165, 1.54) is 32.2 Å². The van der Waals surface area contributed by atoms with Crippen LogP contribution in [0.4, 0.5) is 0 Å². The lowest BCUT2D eigenvalue weighted by Gasteiger charge is -2.25. The van der Waals surface area contributed by atoms with Crippen LogP contribution in [-0.4, -0.2) is 26.3 Å². The number of hydrogen-bond acceptors (Lipinski definition) is 2. The molecule has 0 aromatic carbocycles. The molecule has 1 aliphatic heterocycles. The standard InChI is InChI=1S/C10H21NO/c1-9(8-12-2)7-10-5-3-4-6-11-10/h9-11H,3-8H2,1-2H3. The van der Waals surface area contributed by atoms with Gasteiger partial charge in [-0.2, -0.15) is 0 Å². The summed E-state index contributed by atoms with van der Waals surface area (Å²) in [4.78, 5) is 0. The van der Waals surface area contributed by atoms with Crippen molar-refractivity contribution in [1.29, 1.82) is 0 Å². The Labute approximate surface area is 75.7 Å². The van der Waals surface area contributed by atoms with E-state index in [-0.39, 0.29) is 0 Å². The van der Waals surface area contributed by atoms with E-state index in [2.05, 4.69) is 12.2 Å². The fourth-order valence-electron chi connectivity index (χ4n) is 1.96. The highest BCUT2D eigenvalue weighted by atomic mass is 16.5. The maximum Gasteiger partial charge on any atom is 0.0488 e. The number of rotatable bonds is 4. The van der Waals surface area contributed by atoms with Gasteiger partial charge in [0.05, 0.1) is 0 Å². The predicted molar refractivity (Wildman–Crippen MR) is 51.3 cm³/mol. The molecule has 1 aliphatic rings. The highest BCUT2D eigenvalue weighted by molar-refractivity contribution is 4.73. The Morgan fingerprint density at radius 1 is 1.50 bits per heavy atom. The number of methoxy groups -OCH3 is 1. The summed E-state index contributed by atoms with van der Waals surface area (Å²) >= 11 is 0. The Kier molecular flexibility index (Phi) is 4.62. The fourth-order valence-corrected chi connectivity index (χ4v) is 1.96. The third-order valence-electron chi connectivity index (χ3n) is 2.55. The van der Waals surface area contributed by atoms with Crippen LogP contribution in [0, 0.1) is 5.92 Å². The van der Waals surface area contributed by atoms with Crippen molar-refractivity contribution >= 4 is 0 Å². The molecule has 1 fully saturated rings. The van der Waals surface area contributed by atoms with Crippen molar-refractivity contribution in [2.75, 3.05) is 20.3 Å². The van der Waals surface area contributed by atoms with Crippen molar-refractivity contribution in [3.63, 3.8) is 0 Å². The molecule has 2 unspecified atom stereocenters. The molecule has 2 heteroatoms. The van der Waals surface area contributed by atoms with Crippen LogP contribution >= 0.6 is 0 Å². The summed E-state index contributed by atoms with van der Waals surface area (Å²) in [5.74, 6) is 0.700. The molecule has 0 aromatic heterocycles. The van der Waals surface area contributed by atoms with Crippen LogP contribution in [0.1, 0.15) is 32.6 Å². The average molecular weight is 171 g/mol. The smallest absolute Gasteiger partial charge is 0.0488 e. The van der Waals surface area contributed by atoms with Gasteiger partial charge in [0.1, 0.15) is 0 Å². The van der Waals surface area contributed by atoms with Gasteiger partial charge in [-0.15, -0.1) is 0 Å². The average Bonchev–Trinajstić information content (AvgIpc) is 2.06. The van der Waals surface area contributed by atoms with E-state index >= 15 is 0 Å². The summed E-state index contributed by atoms with van der Waals surface area (Å²) in [7, 11) is 1.78. The van der Waals surface area contributed by atoms with Gasteiger partial charge in [-0.1, -0.05) is 13.3 Å². The molecule has 0 amide bonds. The minimum absolute atomic E-state index is 0.700. The minimum Gasteiger partial charge on any atom is -0.384 e. The van der Waals surface area contributed by atoms with Crippen LogP contribution in [0.5, 0.6) is 0 Å². The zero-order chi connectivity index (χ0) is 8.81. The van der Waals surface area contributed by atoms with Crippen LogP contribution < -0.4 is 5.32 Å². The number of piperidine rings is 1. The lowest BCUT2D eigenvalue weighted by molar-refractivity contribution is 0.146. The zero-order valence-corrected chi connectivity index (χ0v) is 8.31. The first-order valence-corrected chi connectivity index (χ1v) is 5.05. The van der Waals surface area contributed by atoms with Gasteiger partial charge in [-0.3, -0.25) is 0 Å². The SMILES string of the molecule is COCC(C)CC1CCCCN1. The molecular weight excluding hydrogens is 150 g/mol. The third kappa shape index (κ3) is 3.55. The van der Waals surface area contributed by atoms with Crippen LogP contribution in [0.2, 0.25) is 0 Å². The molecule has 0 aromatic rings. The first kappa shape index (κ1) is 10.0. The maximum absolute atomic E-state index is 5.12. The molecule has 0 bridgehead atoms. The molecule has 12 heavy (non-hydrogen) atoms. The predicted octanol–water partition coefficient (Wildman–Crippen LogP) is 1.80. The molecule has 0 radical (unpaired) electrons. The molecule has 72 valence electrons. The van der Waals surface area contributed by atoms with E-state index in [1.807, 2.05) is 0 Å². The summed E-state index contributed by atoms with van der Waals surface area (Å²) in [5, 5.41) is 3.55. The second kappa shape index (κ2) is 5.55. The molecule has 2 atom stereocenters. The number of ether oxygens (including phenoxy) is 1. The Bertz CT molecular complexity index is 110. The second-order valence-electron chi connectivity index (χ2n) is 3.94. The quantitative estimate of drug-likeness (QED) is 0.696. The normalized spacial score (nSPS) is 27.0. The monoisotopic (exact) mass is 171 g/mol. The lowest BCUT2D eigenvalue weighted by Crippen LogP contribution is -2.35. The minimum atomic E-state index is 0.700. The summed E-state index contributed by atoms with van der Waals surface area (Å²) in [6, 6.07) is 0.754. The van der Waals surface area contributed by atoms with Crippen molar-refractivity contribution < 1.29 is 4.74 Å².